The molecule has 0 bridgehead atoms. The van der Waals surface area contributed by atoms with Crippen molar-refractivity contribution < 1.29 is 0 Å². The molecule has 0 amide bonds. The molecule has 0 aromatic carbocycles. The molecule has 2 nitrogen and oxygen atoms in total. The maximum atomic E-state index is 5.93. The van der Waals surface area contributed by atoms with Crippen LogP contribution in [0.5, 0.6) is 0 Å². The van der Waals surface area contributed by atoms with Gasteiger partial charge in [0.25, 0.3) is 0 Å². The minimum Gasteiger partial charge on any atom is -0.302 e. The van der Waals surface area contributed by atoms with E-state index in [1.807, 2.05) is 12.1 Å². The maximum absolute atomic E-state index is 5.93. The van der Waals surface area contributed by atoms with Gasteiger partial charge in [-0.3, -0.25) is 0 Å². The van der Waals surface area contributed by atoms with Crippen molar-refractivity contribution in [1.82, 2.24) is 9.88 Å². The molecule has 0 saturated carbocycles. The minimum absolute atomic E-state index is 0.616. The number of hydrogen-bond donors (Lipinski definition) is 0. The molecule has 3 heteroatoms. The molecule has 0 radical (unpaired) electrons. The second kappa shape index (κ2) is 5.20. The third-order valence-corrected chi connectivity index (χ3v) is 2.22. The van der Waals surface area contributed by atoms with Crippen LogP contribution in [0, 0.1) is 0 Å². The quantitative estimate of drug-likeness (QED) is 0.692. The monoisotopic (exact) mass is 198 g/mol. The first-order chi connectivity index (χ1) is 6.24. The van der Waals surface area contributed by atoms with Gasteiger partial charge in [-0.15, -0.1) is 0 Å². The van der Waals surface area contributed by atoms with E-state index < -0.39 is 0 Å². The lowest BCUT2D eigenvalue weighted by Gasteiger charge is -2.15. The fourth-order valence-corrected chi connectivity index (χ4v) is 1.47. The van der Waals surface area contributed by atoms with Gasteiger partial charge < -0.3 is 4.90 Å². The number of hydrogen-bond acceptors (Lipinski definition) is 2. The third-order valence-electron chi connectivity index (χ3n) is 1.88. The van der Waals surface area contributed by atoms with Gasteiger partial charge in [0.1, 0.15) is 5.15 Å². The summed E-state index contributed by atoms with van der Waals surface area (Å²) in [6.45, 7) is 4.13. The Morgan fingerprint density at radius 1 is 1.54 bits per heavy atom. The summed E-state index contributed by atoms with van der Waals surface area (Å²) in [7, 11) is 2.09. The highest BCUT2D eigenvalue weighted by Gasteiger charge is 2.02. The Hall–Kier alpha value is -0.600. The van der Waals surface area contributed by atoms with Crippen LogP contribution in [-0.2, 0) is 6.54 Å². The number of rotatable bonds is 4. The Kier molecular flexibility index (Phi) is 4.19. The van der Waals surface area contributed by atoms with Crippen LogP contribution in [0.25, 0.3) is 0 Å². The lowest BCUT2D eigenvalue weighted by atomic mass is 10.2. The van der Waals surface area contributed by atoms with E-state index in [-0.39, 0.29) is 0 Å². The van der Waals surface area contributed by atoms with Crippen LogP contribution in [0.2, 0.25) is 5.15 Å². The van der Waals surface area contributed by atoms with Crippen molar-refractivity contribution >= 4 is 11.6 Å². The Balaban J connectivity index is 2.58. The summed E-state index contributed by atoms with van der Waals surface area (Å²) in [6.07, 6.45) is 2.88. The van der Waals surface area contributed by atoms with Crippen LogP contribution in [-0.4, -0.2) is 23.5 Å². The average molecular weight is 199 g/mol. The van der Waals surface area contributed by atoms with Crippen molar-refractivity contribution in [3.63, 3.8) is 0 Å². The highest BCUT2D eigenvalue weighted by atomic mass is 35.5. The molecule has 1 aromatic rings. The first kappa shape index (κ1) is 10.5. The molecule has 13 heavy (non-hydrogen) atoms. The van der Waals surface area contributed by atoms with Crippen LogP contribution < -0.4 is 0 Å². The number of aromatic nitrogens is 1. The van der Waals surface area contributed by atoms with Crippen LogP contribution in [0.4, 0.5) is 0 Å². The Morgan fingerprint density at radius 3 is 2.92 bits per heavy atom. The zero-order valence-corrected chi connectivity index (χ0v) is 8.88. The molecule has 1 rings (SSSR count). The van der Waals surface area contributed by atoms with E-state index in [0.717, 1.165) is 25.1 Å². The van der Waals surface area contributed by atoms with E-state index >= 15 is 0 Å². The summed E-state index contributed by atoms with van der Waals surface area (Å²) in [5, 5.41) is 0.616. The lowest BCUT2D eigenvalue weighted by molar-refractivity contribution is 0.327. The fourth-order valence-electron chi connectivity index (χ4n) is 1.29. The molecule has 0 fully saturated rings. The Labute approximate surface area is 84.5 Å². The van der Waals surface area contributed by atoms with Crippen molar-refractivity contribution in [2.45, 2.75) is 19.9 Å². The summed E-state index contributed by atoms with van der Waals surface area (Å²) in [5.41, 5.74) is 1.10. The Morgan fingerprint density at radius 2 is 2.31 bits per heavy atom. The van der Waals surface area contributed by atoms with Crippen LogP contribution >= 0.6 is 11.6 Å². The normalized spacial score (nSPS) is 10.8. The Bertz CT molecular complexity index is 263. The van der Waals surface area contributed by atoms with Gasteiger partial charge in [0.2, 0.25) is 0 Å². The smallest absolute Gasteiger partial charge is 0.133 e. The van der Waals surface area contributed by atoms with E-state index in [0.29, 0.717) is 5.15 Å². The summed E-state index contributed by atoms with van der Waals surface area (Å²) >= 11 is 5.93. The molecule has 0 aliphatic carbocycles. The van der Waals surface area contributed by atoms with Gasteiger partial charge in [-0.05, 0) is 26.1 Å². The summed E-state index contributed by atoms with van der Waals surface area (Å²) < 4.78 is 0. The number of nitrogens with zero attached hydrogens (tertiary/aromatic N) is 2. The molecular weight excluding hydrogens is 184 g/mol. The lowest BCUT2D eigenvalue weighted by Crippen LogP contribution is -2.18. The van der Waals surface area contributed by atoms with Crippen LogP contribution in [0.1, 0.15) is 18.9 Å². The molecule has 0 unspecified atom stereocenters. The molecule has 1 aromatic heterocycles. The topological polar surface area (TPSA) is 16.1 Å². The molecule has 1 heterocycles. The van der Waals surface area contributed by atoms with Crippen LogP contribution in [0.15, 0.2) is 18.3 Å². The summed E-state index contributed by atoms with van der Waals surface area (Å²) in [5.74, 6) is 0. The fraction of sp³-hybridized carbons (Fsp3) is 0.500. The molecule has 0 N–H and O–H groups in total. The molecule has 0 spiro atoms. The van der Waals surface area contributed by atoms with Gasteiger partial charge in [0, 0.05) is 18.3 Å². The van der Waals surface area contributed by atoms with Crippen LogP contribution in [0.3, 0.4) is 0 Å². The number of halogens is 1. The van der Waals surface area contributed by atoms with Gasteiger partial charge in [-0.1, -0.05) is 24.6 Å². The van der Waals surface area contributed by atoms with E-state index in [1.165, 1.54) is 0 Å². The average Bonchev–Trinajstić information content (AvgIpc) is 2.09. The number of pyridine rings is 1. The van der Waals surface area contributed by atoms with Crippen molar-refractivity contribution in [2.24, 2.45) is 0 Å². The van der Waals surface area contributed by atoms with E-state index in [4.69, 9.17) is 11.6 Å². The van der Waals surface area contributed by atoms with Crippen molar-refractivity contribution in [3.05, 3.63) is 29.0 Å². The van der Waals surface area contributed by atoms with Gasteiger partial charge in [-0.2, -0.15) is 0 Å². The van der Waals surface area contributed by atoms with Crippen molar-refractivity contribution in [3.8, 4) is 0 Å². The standard InChI is InChI=1S/C10H15ClN2/c1-3-7-13(2)8-9-5-4-6-12-10(9)11/h4-6H,3,7-8H2,1-2H3. The third kappa shape index (κ3) is 3.33. The second-order valence-electron chi connectivity index (χ2n) is 3.19. The zero-order valence-electron chi connectivity index (χ0n) is 8.13. The predicted molar refractivity (Wildman–Crippen MR) is 55.9 cm³/mol. The van der Waals surface area contributed by atoms with Gasteiger partial charge in [0.15, 0.2) is 0 Å². The molecule has 0 aliphatic rings. The van der Waals surface area contributed by atoms with Gasteiger partial charge in [0.05, 0.1) is 0 Å². The van der Waals surface area contributed by atoms with E-state index in [9.17, 15) is 0 Å². The van der Waals surface area contributed by atoms with Gasteiger partial charge >= 0.3 is 0 Å². The molecular formula is C10H15ClN2. The molecule has 0 atom stereocenters. The molecule has 72 valence electrons. The van der Waals surface area contributed by atoms with Crippen molar-refractivity contribution in [2.75, 3.05) is 13.6 Å². The first-order valence-electron chi connectivity index (χ1n) is 4.52. The van der Waals surface area contributed by atoms with Gasteiger partial charge in [-0.25, -0.2) is 4.98 Å². The maximum Gasteiger partial charge on any atom is 0.133 e. The predicted octanol–water partition coefficient (Wildman–Crippen LogP) is 2.58. The zero-order chi connectivity index (χ0) is 9.68. The molecule has 0 saturated heterocycles. The first-order valence-corrected chi connectivity index (χ1v) is 4.89. The van der Waals surface area contributed by atoms with E-state index in [1.54, 1.807) is 6.20 Å². The SMILES string of the molecule is CCCN(C)Cc1cccnc1Cl. The minimum atomic E-state index is 0.616. The second-order valence-corrected chi connectivity index (χ2v) is 3.55. The highest BCUT2D eigenvalue weighted by Crippen LogP contribution is 2.13. The largest absolute Gasteiger partial charge is 0.302 e. The highest BCUT2D eigenvalue weighted by molar-refractivity contribution is 6.30. The summed E-state index contributed by atoms with van der Waals surface area (Å²) in [6, 6.07) is 3.93. The molecule has 0 aliphatic heterocycles. The van der Waals surface area contributed by atoms with Crippen molar-refractivity contribution in [1.29, 1.82) is 0 Å². The van der Waals surface area contributed by atoms with E-state index in [2.05, 4.69) is 23.9 Å². The summed E-state index contributed by atoms with van der Waals surface area (Å²) in [4.78, 5) is 6.27.